The third-order valence-corrected chi connectivity index (χ3v) is 1.93. The second kappa shape index (κ2) is 4.60. The third-order valence-electron chi connectivity index (χ3n) is 1.93. The van der Waals surface area contributed by atoms with E-state index in [1.54, 1.807) is 0 Å². The maximum Gasteiger partial charge on any atom is 0.339 e. The lowest BCUT2D eigenvalue weighted by Crippen LogP contribution is -2.04. The minimum Gasteiger partial charge on any atom is -0.483 e. The van der Waals surface area contributed by atoms with E-state index in [0.717, 1.165) is 12.1 Å². The van der Waals surface area contributed by atoms with Crippen molar-refractivity contribution in [2.75, 3.05) is 0 Å². The maximum atomic E-state index is 12.9. The molecular weight excluding hydrogens is 231 g/mol. The first-order valence-electron chi connectivity index (χ1n) is 4.58. The monoisotopic (exact) mass is 238 g/mol. The number of hydrogen-bond donors (Lipinski definition) is 1. The molecule has 1 aromatic carbocycles. The van der Waals surface area contributed by atoms with E-state index in [4.69, 9.17) is 9.84 Å². The number of carbonyl (C=O) groups is 1. The molecule has 0 saturated carbocycles. The molecule has 7 heteroatoms. The SMILES string of the molecule is O=C(O)c1cc(F)ccc1OCc1ncno1. The zero-order valence-corrected chi connectivity index (χ0v) is 8.46. The van der Waals surface area contributed by atoms with Gasteiger partial charge >= 0.3 is 5.97 Å². The predicted octanol–water partition coefficient (Wildman–Crippen LogP) is 1.49. The van der Waals surface area contributed by atoms with Crippen molar-refractivity contribution < 1.29 is 23.6 Å². The molecule has 0 fully saturated rings. The smallest absolute Gasteiger partial charge is 0.339 e. The molecule has 0 aliphatic rings. The van der Waals surface area contributed by atoms with Crippen LogP contribution in [0.15, 0.2) is 29.0 Å². The molecule has 0 unspecified atom stereocenters. The van der Waals surface area contributed by atoms with Crippen molar-refractivity contribution >= 4 is 5.97 Å². The number of halogens is 1. The fourth-order valence-electron chi connectivity index (χ4n) is 1.19. The molecule has 0 saturated heterocycles. The van der Waals surface area contributed by atoms with Gasteiger partial charge in [0.15, 0.2) is 12.9 Å². The summed E-state index contributed by atoms with van der Waals surface area (Å²) in [7, 11) is 0. The summed E-state index contributed by atoms with van der Waals surface area (Å²) in [6.07, 6.45) is 1.20. The van der Waals surface area contributed by atoms with Gasteiger partial charge in [0.05, 0.1) is 0 Å². The highest BCUT2D eigenvalue weighted by Gasteiger charge is 2.13. The highest BCUT2D eigenvalue weighted by Crippen LogP contribution is 2.20. The molecule has 0 radical (unpaired) electrons. The number of benzene rings is 1. The summed E-state index contributed by atoms with van der Waals surface area (Å²) in [4.78, 5) is 14.5. The highest BCUT2D eigenvalue weighted by atomic mass is 19.1. The van der Waals surface area contributed by atoms with E-state index in [2.05, 4.69) is 14.7 Å². The molecule has 1 N–H and O–H groups in total. The van der Waals surface area contributed by atoms with Gasteiger partial charge in [0, 0.05) is 0 Å². The van der Waals surface area contributed by atoms with Crippen molar-refractivity contribution in [3.8, 4) is 5.75 Å². The van der Waals surface area contributed by atoms with Crippen molar-refractivity contribution in [1.29, 1.82) is 0 Å². The van der Waals surface area contributed by atoms with Crippen LogP contribution in [-0.2, 0) is 6.61 Å². The normalized spacial score (nSPS) is 10.2. The summed E-state index contributed by atoms with van der Waals surface area (Å²) < 4.78 is 22.7. The first-order valence-corrected chi connectivity index (χ1v) is 4.58. The Kier molecular flexibility index (Phi) is 2.99. The zero-order chi connectivity index (χ0) is 12.3. The molecule has 0 bridgehead atoms. The Morgan fingerprint density at radius 3 is 3.00 bits per heavy atom. The van der Waals surface area contributed by atoms with Gasteiger partial charge < -0.3 is 14.4 Å². The summed E-state index contributed by atoms with van der Waals surface area (Å²) in [5, 5.41) is 12.2. The highest BCUT2D eigenvalue weighted by molar-refractivity contribution is 5.90. The minimum absolute atomic E-state index is 0.0390. The summed E-state index contributed by atoms with van der Waals surface area (Å²) in [5.41, 5.74) is -0.260. The molecule has 0 aliphatic heterocycles. The van der Waals surface area contributed by atoms with E-state index in [9.17, 15) is 9.18 Å². The number of carboxylic acids is 1. The number of carboxylic acid groups (broad SMARTS) is 1. The van der Waals surface area contributed by atoms with Crippen LogP contribution < -0.4 is 4.74 Å². The van der Waals surface area contributed by atoms with Crippen LogP contribution in [-0.4, -0.2) is 21.2 Å². The molecule has 6 nitrogen and oxygen atoms in total. The number of nitrogens with zero attached hydrogens (tertiary/aromatic N) is 2. The number of aromatic nitrogens is 2. The topological polar surface area (TPSA) is 85.5 Å². The Balaban J connectivity index is 2.17. The van der Waals surface area contributed by atoms with Gasteiger partial charge in [-0.15, -0.1) is 0 Å². The lowest BCUT2D eigenvalue weighted by Gasteiger charge is -2.06. The number of rotatable bonds is 4. The summed E-state index contributed by atoms with van der Waals surface area (Å²) in [6, 6.07) is 3.22. The van der Waals surface area contributed by atoms with Crippen molar-refractivity contribution in [2.24, 2.45) is 0 Å². The van der Waals surface area contributed by atoms with Gasteiger partial charge in [0.1, 0.15) is 17.1 Å². The van der Waals surface area contributed by atoms with Crippen LogP contribution in [0.1, 0.15) is 16.2 Å². The zero-order valence-electron chi connectivity index (χ0n) is 8.46. The van der Waals surface area contributed by atoms with Gasteiger partial charge in [-0.25, -0.2) is 9.18 Å². The minimum atomic E-state index is -1.27. The van der Waals surface area contributed by atoms with Crippen LogP contribution in [0.2, 0.25) is 0 Å². The van der Waals surface area contributed by atoms with Crippen LogP contribution in [0.25, 0.3) is 0 Å². The van der Waals surface area contributed by atoms with Gasteiger partial charge in [-0.05, 0) is 18.2 Å². The van der Waals surface area contributed by atoms with E-state index < -0.39 is 11.8 Å². The molecular formula is C10H7FN2O4. The third kappa shape index (κ3) is 2.57. The first-order chi connectivity index (χ1) is 8.16. The fraction of sp³-hybridized carbons (Fsp3) is 0.100. The second-order valence-electron chi connectivity index (χ2n) is 3.07. The second-order valence-corrected chi connectivity index (χ2v) is 3.07. The number of aromatic carboxylic acids is 1. The molecule has 0 atom stereocenters. The van der Waals surface area contributed by atoms with Gasteiger partial charge in [-0.3, -0.25) is 0 Å². The van der Waals surface area contributed by atoms with Crippen LogP contribution in [0.3, 0.4) is 0 Å². The lowest BCUT2D eigenvalue weighted by atomic mass is 10.2. The van der Waals surface area contributed by atoms with Crippen LogP contribution in [0.4, 0.5) is 4.39 Å². The van der Waals surface area contributed by atoms with Crippen LogP contribution in [0.5, 0.6) is 5.75 Å². The molecule has 1 heterocycles. The summed E-state index contributed by atoms with van der Waals surface area (Å²) in [5.74, 6) is -1.68. The number of hydrogen-bond acceptors (Lipinski definition) is 5. The average molecular weight is 238 g/mol. The predicted molar refractivity (Wildman–Crippen MR) is 52.0 cm³/mol. The maximum absolute atomic E-state index is 12.9. The molecule has 1 aromatic heterocycles. The van der Waals surface area contributed by atoms with Gasteiger partial charge in [-0.1, -0.05) is 5.16 Å². The Hall–Kier alpha value is -2.44. The van der Waals surface area contributed by atoms with Gasteiger partial charge in [0.2, 0.25) is 0 Å². The van der Waals surface area contributed by atoms with Crippen LogP contribution in [0, 0.1) is 5.82 Å². The van der Waals surface area contributed by atoms with Gasteiger partial charge in [-0.2, -0.15) is 4.98 Å². The van der Waals surface area contributed by atoms with Crippen molar-refractivity contribution in [3.63, 3.8) is 0 Å². The molecule has 88 valence electrons. The Bertz CT molecular complexity index is 527. The Morgan fingerprint density at radius 2 is 2.35 bits per heavy atom. The quantitative estimate of drug-likeness (QED) is 0.868. The molecule has 17 heavy (non-hydrogen) atoms. The first kappa shape index (κ1) is 11.1. The standard InChI is InChI=1S/C10H7FN2O4/c11-6-1-2-8(7(3-6)10(14)15)16-4-9-12-5-13-17-9/h1-3,5H,4H2,(H,14,15). The van der Waals surface area contributed by atoms with Gasteiger partial charge in [0.25, 0.3) is 5.89 Å². The van der Waals surface area contributed by atoms with Crippen LogP contribution >= 0.6 is 0 Å². The van der Waals surface area contributed by atoms with E-state index in [1.165, 1.54) is 12.4 Å². The van der Waals surface area contributed by atoms with Crippen molar-refractivity contribution in [2.45, 2.75) is 6.61 Å². The average Bonchev–Trinajstić information content (AvgIpc) is 2.80. The van der Waals surface area contributed by atoms with E-state index in [0.29, 0.717) is 0 Å². The molecule has 2 aromatic rings. The molecule has 0 spiro atoms. The van der Waals surface area contributed by atoms with E-state index in [1.807, 2.05) is 0 Å². The molecule has 2 rings (SSSR count). The van der Waals surface area contributed by atoms with Crippen molar-refractivity contribution in [3.05, 3.63) is 41.8 Å². The molecule has 0 amide bonds. The Morgan fingerprint density at radius 1 is 1.53 bits per heavy atom. The molecule has 0 aliphatic carbocycles. The Labute approximate surface area is 94.6 Å². The lowest BCUT2D eigenvalue weighted by molar-refractivity contribution is 0.0690. The largest absolute Gasteiger partial charge is 0.483 e. The fourth-order valence-corrected chi connectivity index (χ4v) is 1.19. The van der Waals surface area contributed by atoms with E-state index in [-0.39, 0.29) is 23.8 Å². The number of ether oxygens (including phenoxy) is 1. The summed E-state index contributed by atoms with van der Waals surface area (Å²) >= 11 is 0. The van der Waals surface area contributed by atoms with Crippen molar-refractivity contribution in [1.82, 2.24) is 10.1 Å². The summed E-state index contributed by atoms with van der Waals surface area (Å²) in [6.45, 7) is -0.0775. The van der Waals surface area contributed by atoms with E-state index >= 15 is 0 Å².